The first-order valence-electron chi connectivity index (χ1n) is 6.75. The van der Waals surface area contributed by atoms with Crippen LogP contribution in [-0.2, 0) is 10.0 Å². The Morgan fingerprint density at radius 3 is 2.55 bits per heavy atom. The van der Waals surface area contributed by atoms with Crippen LogP contribution in [0.5, 0.6) is 0 Å². The zero-order chi connectivity index (χ0) is 16.7. The summed E-state index contributed by atoms with van der Waals surface area (Å²) in [4.78, 5) is 8.12. The molecule has 22 heavy (non-hydrogen) atoms. The van der Waals surface area contributed by atoms with Crippen molar-refractivity contribution in [3.63, 3.8) is 0 Å². The van der Waals surface area contributed by atoms with E-state index in [1.165, 1.54) is 11.4 Å². The van der Waals surface area contributed by atoms with Gasteiger partial charge in [0.1, 0.15) is 5.54 Å². The maximum atomic E-state index is 12.4. The van der Waals surface area contributed by atoms with E-state index in [1.807, 2.05) is 6.07 Å². The van der Waals surface area contributed by atoms with Crippen LogP contribution in [0, 0.1) is 31.1 Å². The van der Waals surface area contributed by atoms with Gasteiger partial charge in [-0.2, -0.15) is 15.0 Å². The summed E-state index contributed by atoms with van der Waals surface area (Å²) >= 11 is 0. The van der Waals surface area contributed by atoms with Gasteiger partial charge < -0.3 is 0 Å². The zero-order valence-corrected chi connectivity index (χ0v) is 13.9. The molecule has 0 aliphatic carbocycles. The molecule has 0 aliphatic heterocycles. The molecule has 1 atom stereocenters. The summed E-state index contributed by atoms with van der Waals surface area (Å²) < 4.78 is 28.6. The molecular formula is C13H18N6O2S. The fraction of sp³-hybridized carbons (Fsp3) is 0.538. The Morgan fingerprint density at radius 1 is 1.36 bits per heavy atom. The van der Waals surface area contributed by atoms with Crippen molar-refractivity contribution in [2.75, 3.05) is 0 Å². The Morgan fingerprint density at radius 2 is 2.00 bits per heavy atom. The van der Waals surface area contributed by atoms with Crippen LogP contribution in [0.1, 0.15) is 32.2 Å². The predicted octanol–water partition coefficient (Wildman–Crippen LogP) is 0.958. The van der Waals surface area contributed by atoms with E-state index in [9.17, 15) is 13.7 Å². The van der Waals surface area contributed by atoms with Gasteiger partial charge in [0.05, 0.1) is 6.07 Å². The molecule has 1 N–H and O–H groups in total. The highest BCUT2D eigenvalue weighted by molar-refractivity contribution is 7.89. The monoisotopic (exact) mass is 322 g/mol. The van der Waals surface area contributed by atoms with Gasteiger partial charge in [-0.05, 0) is 32.8 Å². The fourth-order valence-electron chi connectivity index (χ4n) is 1.86. The van der Waals surface area contributed by atoms with Crippen LogP contribution in [0.15, 0.2) is 11.2 Å². The first-order valence-corrected chi connectivity index (χ1v) is 8.23. The molecule has 2 aromatic heterocycles. The van der Waals surface area contributed by atoms with Crippen LogP contribution < -0.4 is 4.72 Å². The third-order valence-corrected chi connectivity index (χ3v) is 4.92. The van der Waals surface area contributed by atoms with E-state index in [0.29, 0.717) is 0 Å². The van der Waals surface area contributed by atoms with Crippen molar-refractivity contribution < 1.29 is 8.42 Å². The molecule has 0 amide bonds. The van der Waals surface area contributed by atoms with E-state index in [2.05, 4.69) is 19.8 Å². The van der Waals surface area contributed by atoms with Crippen molar-refractivity contribution in [3.05, 3.63) is 17.5 Å². The van der Waals surface area contributed by atoms with Crippen molar-refractivity contribution in [1.29, 1.82) is 5.26 Å². The molecule has 0 aliphatic rings. The molecule has 118 valence electrons. The Bertz CT molecular complexity index is 865. The fourth-order valence-corrected chi connectivity index (χ4v) is 3.18. The molecule has 0 fully saturated rings. The average molecular weight is 322 g/mol. The molecule has 0 spiro atoms. The Hall–Kier alpha value is -2.05. The van der Waals surface area contributed by atoms with Crippen LogP contribution >= 0.6 is 0 Å². The van der Waals surface area contributed by atoms with E-state index in [4.69, 9.17) is 0 Å². The number of nitriles is 1. The Balaban J connectivity index is 2.51. The number of nitrogens with one attached hydrogen (secondary N) is 1. The van der Waals surface area contributed by atoms with Crippen molar-refractivity contribution in [1.82, 2.24) is 24.3 Å². The molecule has 2 rings (SSSR count). The second kappa shape index (κ2) is 5.30. The van der Waals surface area contributed by atoms with Gasteiger partial charge >= 0.3 is 0 Å². The molecule has 0 aromatic carbocycles. The first kappa shape index (κ1) is 16.3. The van der Waals surface area contributed by atoms with Crippen molar-refractivity contribution >= 4 is 15.8 Å². The summed E-state index contributed by atoms with van der Waals surface area (Å²) in [6.07, 6.45) is 0. The van der Waals surface area contributed by atoms with Crippen molar-refractivity contribution in [2.45, 2.75) is 45.3 Å². The second-order valence-corrected chi connectivity index (χ2v) is 7.30. The van der Waals surface area contributed by atoms with Gasteiger partial charge in [0.25, 0.3) is 21.0 Å². The predicted molar refractivity (Wildman–Crippen MR) is 79.4 cm³/mol. The number of sulfonamides is 1. The summed E-state index contributed by atoms with van der Waals surface area (Å²) in [7, 11) is -4.02. The molecular weight excluding hydrogens is 304 g/mol. The van der Waals surface area contributed by atoms with E-state index < -0.39 is 20.7 Å². The summed E-state index contributed by atoms with van der Waals surface area (Å²) in [6, 6.07) is 3.77. The van der Waals surface area contributed by atoms with Crippen molar-refractivity contribution in [3.8, 4) is 6.07 Å². The Kier molecular flexibility index (Phi) is 3.93. The molecule has 0 radical (unpaired) electrons. The van der Waals surface area contributed by atoms with Gasteiger partial charge in [-0.15, -0.1) is 5.10 Å². The van der Waals surface area contributed by atoms with Gasteiger partial charge in [-0.1, -0.05) is 13.8 Å². The highest BCUT2D eigenvalue weighted by Gasteiger charge is 2.36. The van der Waals surface area contributed by atoms with Gasteiger partial charge in [-0.25, -0.2) is 17.9 Å². The molecule has 9 heteroatoms. The minimum Gasteiger partial charge on any atom is -0.216 e. The van der Waals surface area contributed by atoms with Crippen LogP contribution in [0.25, 0.3) is 5.78 Å². The first-order chi connectivity index (χ1) is 10.1. The number of fused-ring (bicyclic) bond motifs is 1. The highest BCUT2D eigenvalue weighted by Crippen LogP contribution is 2.19. The lowest BCUT2D eigenvalue weighted by molar-refractivity contribution is 0.387. The van der Waals surface area contributed by atoms with E-state index in [-0.39, 0.29) is 11.7 Å². The van der Waals surface area contributed by atoms with Crippen molar-refractivity contribution in [2.24, 2.45) is 5.92 Å². The van der Waals surface area contributed by atoms with Crippen LogP contribution in [0.3, 0.4) is 0 Å². The maximum Gasteiger partial charge on any atom is 0.284 e. The maximum absolute atomic E-state index is 12.4. The van der Waals surface area contributed by atoms with Gasteiger partial charge in [0.15, 0.2) is 0 Å². The smallest absolute Gasteiger partial charge is 0.216 e. The largest absolute Gasteiger partial charge is 0.284 e. The summed E-state index contributed by atoms with van der Waals surface area (Å²) in [5.41, 5.74) is 0.205. The minimum atomic E-state index is -4.02. The number of aryl methyl sites for hydroxylation is 2. The quantitative estimate of drug-likeness (QED) is 0.897. The molecule has 8 nitrogen and oxygen atoms in total. The van der Waals surface area contributed by atoms with Gasteiger partial charge in [-0.3, -0.25) is 0 Å². The molecule has 0 saturated heterocycles. The lowest BCUT2D eigenvalue weighted by atomic mass is 9.92. The lowest BCUT2D eigenvalue weighted by Gasteiger charge is -2.25. The average Bonchev–Trinajstić information content (AvgIpc) is 2.82. The van der Waals surface area contributed by atoms with Crippen LogP contribution in [0.4, 0.5) is 0 Å². The SMILES string of the molecule is Cc1cc(C)n2nc(S(=O)(=O)N[C@](C)(C#N)C(C)C)nc2n1. The summed E-state index contributed by atoms with van der Waals surface area (Å²) in [6.45, 7) is 8.63. The van der Waals surface area contributed by atoms with Gasteiger partial charge in [0.2, 0.25) is 0 Å². The van der Waals surface area contributed by atoms with Crippen LogP contribution in [-0.4, -0.2) is 33.5 Å². The minimum absolute atomic E-state index is 0.209. The topological polar surface area (TPSA) is 113 Å². The molecule has 2 aromatic rings. The summed E-state index contributed by atoms with van der Waals surface area (Å²) in [5.74, 6) is -0.00695. The van der Waals surface area contributed by atoms with E-state index >= 15 is 0 Å². The number of aromatic nitrogens is 4. The molecule has 2 heterocycles. The number of hydrogen-bond acceptors (Lipinski definition) is 6. The molecule has 0 saturated carbocycles. The standard InChI is InChI=1S/C13H18N6O2S/c1-8(2)13(5,7-14)18-22(20,21)12-16-11-15-9(3)6-10(4)19(11)17-12/h6,8,18H,1-5H3/t13-/m1/s1. The lowest BCUT2D eigenvalue weighted by Crippen LogP contribution is -2.48. The second-order valence-electron chi connectivity index (χ2n) is 5.72. The highest BCUT2D eigenvalue weighted by atomic mass is 32.2. The van der Waals surface area contributed by atoms with Crippen LogP contribution in [0.2, 0.25) is 0 Å². The zero-order valence-electron chi connectivity index (χ0n) is 13.1. The molecule has 0 unspecified atom stereocenters. The number of hydrogen-bond donors (Lipinski definition) is 1. The normalized spacial score (nSPS) is 15.0. The molecule has 0 bridgehead atoms. The number of rotatable bonds is 4. The summed E-state index contributed by atoms with van der Waals surface area (Å²) in [5, 5.41) is 12.8. The van der Waals surface area contributed by atoms with E-state index in [1.54, 1.807) is 33.8 Å². The van der Waals surface area contributed by atoms with E-state index in [0.717, 1.165) is 11.4 Å². The van der Waals surface area contributed by atoms with Gasteiger partial charge in [0, 0.05) is 11.4 Å². The third kappa shape index (κ3) is 2.80. The number of nitrogens with zero attached hydrogens (tertiary/aromatic N) is 5. The Labute approximate surface area is 129 Å². The third-order valence-electron chi connectivity index (χ3n) is 3.57.